The highest BCUT2D eigenvalue weighted by atomic mass is 32.2. The topological polar surface area (TPSA) is 133 Å². The number of amides is 2. The number of carbonyl (C=O) groups excluding carboxylic acids is 2. The molecule has 0 radical (unpaired) electrons. The van der Waals surface area contributed by atoms with E-state index in [0.29, 0.717) is 24.7 Å². The second-order valence-electron chi connectivity index (χ2n) is 10.8. The van der Waals surface area contributed by atoms with Crippen molar-refractivity contribution in [3.05, 3.63) is 101 Å². The van der Waals surface area contributed by atoms with Crippen LogP contribution in [0.25, 0.3) is 0 Å². The smallest absolute Gasteiger partial charge is 0.253 e. The van der Waals surface area contributed by atoms with Gasteiger partial charge in [-0.1, -0.05) is 32.0 Å². The number of nitrogens with one attached hydrogen (secondary N) is 1. The molecule has 12 heteroatoms. The molecule has 0 bridgehead atoms. The fourth-order valence-corrected chi connectivity index (χ4v) is 6.00. The second-order valence-corrected chi connectivity index (χ2v) is 12.9. The summed E-state index contributed by atoms with van der Waals surface area (Å²) in [7, 11) is -3.66. The Bertz CT molecular complexity index is 1530. The molecule has 3 aromatic carbocycles. The van der Waals surface area contributed by atoms with Crippen LogP contribution in [0.3, 0.4) is 0 Å². The Morgan fingerprint density at radius 1 is 0.911 bits per heavy atom. The zero-order chi connectivity index (χ0) is 33.1. The second kappa shape index (κ2) is 16.6. The van der Waals surface area contributed by atoms with Crippen molar-refractivity contribution in [1.29, 1.82) is 0 Å². The van der Waals surface area contributed by atoms with Crippen LogP contribution in [0.2, 0.25) is 0 Å². The first-order valence-electron chi connectivity index (χ1n) is 14.8. The van der Waals surface area contributed by atoms with Crippen LogP contribution in [0, 0.1) is 18.6 Å². The summed E-state index contributed by atoms with van der Waals surface area (Å²) in [5, 5.41) is 24.3. The number of hydrogen-bond donors (Lipinski definition) is 3. The van der Waals surface area contributed by atoms with Gasteiger partial charge in [0.2, 0.25) is 0 Å². The zero-order valence-corrected chi connectivity index (χ0v) is 26.4. The lowest BCUT2D eigenvalue weighted by Crippen LogP contribution is -2.44. The monoisotopic (exact) mass is 646 g/mol. The molecule has 3 atom stereocenters. The van der Waals surface area contributed by atoms with Crippen LogP contribution in [0.15, 0.2) is 71.6 Å². The Morgan fingerprint density at radius 3 is 2.11 bits per heavy atom. The van der Waals surface area contributed by atoms with Crippen molar-refractivity contribution in [3.8, 4) is 0 Å². The molecule has 0 aliphatic rings. The molecule has 0 aliphatic heterocycles. The van der Waals surface area contributed by atoms with Gasteiger partial charge in [-0.15, -0.1) is 0 Å². The van der Waals surface area contributed by atoms with Crippen molar-refractivity contribution in [3.63, 3.8) is 0 Å². The van der Waals surface area contributed by atoms with Crippen LogP contribution in [0.1, 0.15) is 64.6 Å². The number of rotatable bonds is 16. The van der Waals surface area contributed by atoms with E-state index in [0.717, 1.165) is 25.0 Å². The number of aliphatic hydroxyl groups excluding tert-OH is 2. The van der Waals surface area contributed by atoms with Gasteiger partial charge in [0.15, 0.2) is 9.84 Å². The summed E-state index contributed by atoms with van der Waals surface area (Å²) in [6, 6.07) is 13.3. The van der Waals surface area contributed by atoms with Gasteiger partial charge in [-0.25, -0.2) is 17.2 Å². The largest absolute Gasteiger partial charge is 0.388 e. The number of sulfone groups is 1. The SMILES string of the molecule is CCCN(CCC)C(=O)c1cc(C)cc(C(=O)NC(c2cc(F)cc(F)c2)[C@H](O)[C@H](O)COCCS(=O)(=O)c2ccccc2)c1. The molecule has 3 N–H and O–H groups in total. The van der Waals surface area contributed by atoms with Crippen LogP contribution < -0.4 is 5.32 Å². The predicted molar refractivity (Wildman–Crippen MR) is 166 cm³/mol. The van der Waals surface area contributed by atoms with E-state index >= 15 is 0 Å². The third-order valence-corrected chi connectivity index (χ3v) is 8.71. The van der Waals surface area contributed by atoms with E-state index < -0.39 is 58.0 Å². The van der Waals surface area contributed by atoms with Crippen LogP contribution in [-0.4, -0.2) is 79.6 Å². The van der Waals surface area contributed by atoms with Crippen molar-refractivity contribution in [2.24, 2.45) is 0 Å². The summed E-state index contributed by atoms with van der Waals surface area (Å²) in [5.41, 5.74) is 0.805. The molecular formula is C33H40F2N2O7S. The molecule has 0 saturated heterocycles. The van der Waals surface area contributed by atoms with Gasteiger partial charge in [-0.3, -0.25) is 9.59 Å². The first-order chi connectivity index (χ1) is 21.4. The minimum Gasteiger partial charge on any atom is -0.388 e. The Balaban J connectivity index is 1.79. The number of nitrogens with zero attached hydrogens (tertiary/aromatic N) is 1. The summed E-state index contributed by atoms with van der Waals surface area (Å²) in [6.45, 7) is 5.86. The zero-order valence-electron chi connectivity index (χ0n) is 25.6. The molecule has 1 unspecified atom stereocenters. The van der Waals surface area contributed by atoms with Gasteiger partial charge < -0.3 is 25.2 Å². The number of aryl methyl sites for hydroxylation is 1. The Hall–Kier alpha value is -3.71. The first-order valence-corrected chi connectivity index (χ1v) is 16.4. The van der Waals surface area contributed by atoms with Gasteiger partial charge in [0.25, 0.3) is 11.8 Å². The van der Waals surface area contributed by atoms with E-state index in [2.05, 4.69) is 5.32 Å². The average molecular weight is 647 g/mol. The lowest BCUT2D eigenvalue weighted by molar-refractivity contribution is -0.0491. The third-order valence-electron chi connectivity index (χ3n) is 7.01. The van der Waals surface area contributed by atoms with E-state index in [-0.39, 0.29) is 34.1 Å². The van der Waals surface area contributed by atoms with Crippen LogP contribution in [-0.2, 0) is 14.6 Å². The fraction of sp³-hybridized carbons (Fsp3) is 0.394. The van der Waals surface area contributed by atoms with E-state index in [1.54, 1.807) is 36.1 Å². The van der Waals surface area contributed by atoms with Gasteiger partial charge in [0.1, 0.15) is 23.8 Å². The maximum atomic E-state index is 14.2. The number of carbonyl (C=O) groups is 2. The van der Waals surface area contributed by atoms with Gasteiger partial charge >= 0.3 is 0 Å². The summed E-state index contributed by atoms with van der Waals surface area (Å²) in [6.07, 6.45) is -2.00. The normalized spacial score (nSPS) is 13.6. The molecular weight excluding hydrogens is 606 g/mol. The standard InChI is InChI=1S/C33H40F2N2O7S/c1-4-11-37(12-5-2)33(41)25-16-22(3)15-24(17-25)32(40)36-30(23-18-26(34)20-27(35)19-23)31(39)29(38)21-44-13-14-45(42,43)28-9-7-6-8-10-28/h6-10,15-20,29-31,38-39H,4-5,11-14,21H2,1-3H3,(H,36,40)/t29-,30?,31-/m1/s1. The number of aliphatic hydroxyl groups is 2. The van der Waals surface area contributed by atoms with Crippen molar-refractivity contribution < 1.29 is 41.7 Å². The predicted octanol–water partition coefficient (Wildman–Crippen LogP) is 4.22. The lowest BCUT2D eigenvalue weighted by atomic mass is 9.96. The highest BCUT2D eigenvalue weighted by Gasteiger charge is 2.31. The molecule has 2 amide bonds. The fourth-order valence-electron chi connectivity index (χ4n) is 4.86. The number of hydrogen-bond acceptors (Lipinski definition) is 7. The molecule has 45 heavy (non-hydrogen) atoms. The Kier molecular flexibility index (Phi) is 13.2. The molecule has 0 heterocycles. The molecule has 244 valence electrons. The molecule has 3 aromatic rings. The number of benzene rings is 3. The Labute approximate surface area is 262 Å². The Morgan fingerprint density at radius 2 is 1.51 bits per heavy atom. The first kappa shape index (κ1) is 35.8. The number of ether oxygens (including phenoxy) is 1. The lowest BCUT2D eigenvalue weighted by Gasteiger charge is -2.28. The summed E-state index contributed by atoms with van der Waals surface area (Å²) < 4.78 is 58.7. The molecule has 0 aromatic heterocycles. The van der Waals surface area contributed by atoms with Gasteiger partial charge in [-0.05, 0) is 73.4 Å². The summed E-state index contributed by atoms with van der Waals surface area (Å²) >= 11 is 0. The van der Waals surface area contributed by atoms with E-state index in [1.165, 1.54) is 24.3 Å². The molecule has 9 nitrogen and oxygen atoms in total. The minimum absolute atomic E-state index is 0.0669. The maximum Gasteiger partial charge on any atom is 0.253 e. The number of halogens is 2. The van der Waals surface area contributed by atoms with Gasteiger partial charge in [0, 0.05) is 30.3 Å². The van der Waals surface area contributed by atoms with Gasteiger partial charge in [0.05, 0.1) is 29.9 Å². The quantitative estimate of drug-likeness (QED) is 0.199. The summed E-state index contributed by atoms with van der Waals surface area (Å²) in [5.74, 6) is -3.34. The van der Waals surface area contributed by atoms with E-state index in [1.807, 2.05) is 13.8 Å². The molecule has 0 aliphatic carbocycles. The van der Waals surface area contributed by atoms with Crippen molar-refractivity contribution >= 4 is 21.7 Å². The van der Waals surface area contributed by atoms with Crippen molar-refractivity contribution in [1.82, 2.24) is 10.2 Å². The molecule has 3 rings (SSSR count). The molecule has 0 fully saturated rings. The van der Waals surface area contributed by atoms with Crippen LogP contribution in [0.5, 0.6) is 0 Å². The van der Waals surface area contributed by atoms with Gasteiger partial charge in [-0.2, -0.15) is 0 Å². The van der Waals surface area contributed by atoms with Crippen molar-refractivity contribution in [2.75, 3.05) is 32.1 Å². The third kappa shape index (κ3) is 10.1. The van der Waals surface area contributed by atoms with Crippen LogP contribution in [0.4, 0.5) is 8.78 Å². The maximum absolute atomic E-state index is 14.2. The molecule has 0 spiro atoms. The average Bonchev–Trinajstić information content (AvgIpc) is 3.00. The van der Waals surface area contributed by atoms with E-state index in [9.17, 15) is 37.0 Å². The minimum atomic E-state index is -3.66. The highest BCUT2D eigenvalue weighted by Crippen LogP contribution is 2.24. The molecule has 0 saturated carbocycles. The van der Waals surface area contributed by atoms with Crippen LogP contribution >= 0.6 is 0 Å². The summed E-state index contributed by atoms with van der Waals surface area (Å²) in [4.78, 5) is 28.5. The van der Waals surface area contributed by atoms with E-state index in [4.69, 9.17) is 4.74 Å². The van der Waals surface area contributed by atoms with Crippen molar-refractivity contribution in [2.45, 2.75) is 56.8 Å². The highest BCUT2D eigenvalue weighted by molar-refractivity contribution is 7.91.